The summed E-state index contributed by atoms with van der Waals surface area (Å²) in [5.74, 6) is -1.02. The third-order valence-corrected chi connectivity index (χ3v) is 6.20. The van der Waals surface area contributed by atoms with E-state index in [0.29, 0.717) is 38.8 Å². The van der Waals surface area contributed by atoms with Crippen LogP contribution in [0.4, 0.5) is 11.6 Å². The highest BCUT2D eigenvalue weighted by molar-refractivity contribution is 8.03. The topological polar surface area (TPSA) is 133 Å². The van der Waals surface area contributed by atoms with Gasteiger partial charge in [0.1, 0.15) is 0 Å². The first-order valence-electron chi connectivity index (χ1n) is 10.7. The molecule has 2 amide bonds. The predicted molar refractivity (Wildman–Crippen MR) is 133 cm³/mol. The number of aromatic nitrogens is 2. The predicted octanol–water partition coefficient (Wildman–Crippen LogP) is 4.08. The Hall–Kier alpha value is -4.36. The Balaban J connectivity index is 1.61. The Morgan fingerprint density at radius 1 is 1.17 bits per heavy atom. The van der Waals surface area contributed by atoms with Crippen LogP contribution in [-0.4, -0.2) is 27.7 Å². The number of para-hydroxylation sites is 1. The number of anilines is 2. The minimum absolute atomic E-state index is 0.0197. The van der Waals surface area contributed by atoms with Gasteiger partial charge < -0.3 is 15.2 Å². The van der Waals surface area contributed by atoms with Crippen LogP contribution in [0.2, 0.25) is 0 Å². The van der Waals surface area contributed by atoms with Crippen LogP contribution in [0.15, 0.2) is 87.3 Å². The summed E-state index contributed by atoms with van der Waals surface area (Å²) in [5, 5.41) is 23.1. The molecule has 9 nitrogen and oxygen atoms in total. The third kappa shape index (κ3) is 5.59. The van der Waals surface area contributed by atoms with Gasteiger partial charge in [-0.25, -0.2) is 0 Å². The van der Waals surface area contributed by atoms with E-state index < -0.39 is 5.92 Å². The fourth-order valence-electron chi connectivity index (χ4n) is 3.66. The molecule has 1 aliphatic rings. The normalized spacial score (nSPS) is 15.3. The number of nitriles is 1. The Morgan fingerprint density at radius 3 is 2.63 bits per heavy atom. The number of hydrogen-bond acceptors (Lipinski definition) is 8. The van der Waals surface area contributed by atoms with E-state index in [4.69, 9.17) is 4.52 Å². The highest BCUT2D eigenvalue weighted by Crippen LogP contribution is 2.40. The highest BCUT2D eigenvalue weighted by atomic mass is 32.2. The van der Waals surface area contributed by atoms with E-state index in [1.807, 2.05) is 24.3 Å². The molecule has 0 radical (unpaired) electrons. The van der Waals surface area contributed by atoms with E-state index >= 15 is 0 Å². The molecule has 1 atom stereocenters. The van der Waals surface area contributed by atoms with Gasteiger partial charge in [-0.05, 0) is 37.6 Å². The number of aryl methyl sites for hydroxylation is 1. The fraction of sp³-hybridized carbons (Fsp3) is 0.160. The highest BCUT2D eigenvalue weighted by Gasteiger charge is 2.35. The van der Waals surface area contributed by atoms with Gasteiger partial charge in [-0.2, -0.15) is 5.26 Å². The maximum Gasteiger partial charge on any atom is 0.254 e. The molecule has 3 aromatic rings. The summed E-state index contributed by atoms with van der Waals surface area (Å²) in [7, 11) is 0. The molecule has 0 bridgehead atoms. The number of dihydropyridines is 1. The van der Waals surface area contributed by atoms with Crippen LogP contribution in [0.25, 0.3) is 0 Å². The van der Waals surface area contributed by atoms with Gasteiger partial charge in [0.25, 0.3) is 5.91 Å². The van der Waals surface area contributed by atoms with E-state index in [-0.39, 0.29) is 23.5 Å². The third-order valence-electron chi connectivity index (χ3n) is 5.18. The lowest BCUT2D eigenvalue weighted by Crippen LogP contribution is -2.31. The second kappa shape index (κ2) is 10.7. The van der Waals surface area contributed by atoms with Gasteiger partial charge in [0.2, 0.25) is 11.8 Å². The number of nitrogens with one attached hydrogen (secondary N) is 3. The lowest BCUT2D eigenvalue weighted by atomic mass is 9.83. The minimum Gasteiger partial charge on any atom is -0.353 e. The van der Waals surface area contributed by atoms with Gasteiger partial charge in [0.05, 0.1) is 34.0 Å². The summed E-state index contributed by atoms with van der Waals surface area (Å²) >= 11 is 1.17. The molecule has 0 saturated heterocycles. The maximum absolute atomic E-state index is 13.4. The van der Waals surface area contributed by atoms with Gasteiger partial charge >= 0.3 is 0 Å². The first-order valence-corrected chi connectivity index (χ1v) is 11.7. The van der Waals surface area contributed by atoms with Crippen LogP contribution >= 0.6 is 11.8 Å². The van der Waals surface area contributed by atoms with E-state index in [1.165, 1.54) is 11.8 Å². The zero-order chi connectivity index (χ0) is 24.8. The van der Waals surface area contributed by atoms with Crippen molar-refractivity contribution in [3.8, 4) is 6.07 Å². The van der Waals surface area contributed by atoms with E-state index in [0.717, 1.165) is 0 Å². The van der Waals surface area contributed by atoms with Crippen molar-refractivity contribution in [3.63, 3.8) is 0 Å². The standard InChI is InChI=1S/C25H22N6O3S/c1-15-11-21(34-31-15)30-20(32)14-35-25-19(12-26)23(17-7-6-10-27-13-17)22(16(2)28-25)24(33)29-18-8-4-3-5-9-18/h3-11,13,23,28H,14H2,1-2H3,(H,29,33)(H,30,32). The van der Waals surface area contributed by atoms with Crippen LogP contribution < -0.4 is 16.0 Å². The van der Waals surface area contributed by atoms with Crippen LogP contribution in [-0.2, 0) is 9.59 Å². The zero-order valence-electron chi connectivity index (χ0n) is 19.0. The number of allylic oxidation sites excluding steroid dienone is 2. The number of nitrogens with zero attached hydrogens (tertiary/aromatic N) is 3. The Kier molecular flexibility index (Phi) is 7.28. The first kappa shape index (κ1) is 23.8. The first-order chi connectivity index (χ1) is 17.0. The second-order valence-electron chi connectivity index (χ2n) is 7.73. The lowest BCUT2D eigenvalue weighted by molar-refractivity contribution is -0.114. The largest absolute Gasteiger partial charge is 0.353 e. The molecule has 3 heterocycles. The lowest BCUT2D eigenvalue weighted by Gasteiger charge is -2.29. The molecule has 4 rings (SSSR count). The van der Waals surface area contributed by atoms with Crippen molar-refractivity contribution >= 4 is 35.1 Å². The van der Waals surface area contributed by atoms with Crippen molar-refractivity contribution in [2.24, 2.45) is 0 Å². The number of rotatable bonds is 7. The number of benzene rings is 1. The quantitative estimate of drug-likeness (QED) is 0.455. The number of carbonyl (C=O) groups excluding carboxylic acids is 2. The summed E-state index contributed by atoms with van der Waals surface area (Å²) in [6.45, 7) is 3.53. The van der Waals surface area contributed by atoms with E-state index in [2.05, 4.69) is 32.2 Å². The molecule has 3 N–H and O–H groups in total. The van der Waals surface area contributed by atoms with Gasteiger partial charge in [0.15, 0.2) is 0 Å². The average Bonchev–Trinajstić information content (AvgIpc) is 3.27. The number of carbonyl (C=O) groups is 2. The van der Waals surface area contributed by atoms with Crippen LogP contribution in [0.3, 0.4) is 0 Å². The van der Waals surface area contributed by atoms with Crippen molar-refractivity contribution in [1.82, 2.24) is 15.5 Å². The van der Waals surface area contributed by atoms with Gasteiger partial charge in [-0.3, -0.25) is 19.9 Å². The summed E-state index contributed by atoms with van der Waals surface area (Å²) in [4.78, 5) is 30.0. The number of pyridine rings is 1. The zero-order valence-corrected chi connectivity index (χ0v) is 19.8. The number of thioether (sulfide) groups is 1. The molecule has 10 heteroatoms. The fourth-order valence-corrected chi connectivity index (χ4v) is 4.55. The summed E-state index contributed by atoms with van der Waals surface area (Å²) in [6.07, 6.45) is 3.27. The summed E-state index contributed by atoms with van der Waals surface area (Å²) in [5.41, 5.74) is 3.31. The molecule has 0 fully saturated rings. The summed E-state index contributed by atoms with van der Waals surface area (Å²) in [6, 6.07) is 16.5. The number of amides is 2. The van der Waals surface area contributed by atoms with Crippen LogP contribution in [0.1, 0.15) is 24.1 Å². The summed E-state index contributed by atoms with van der Waals surface area (Å²) < 4.78 is 5.02. The van der Waals surface area contributed by atoms with Crippen molar-refractivity contribution < 1.29 is 14.1 Å². The molecule has 176 valence electrons. The van der Waals surface area contributed by atoms with Crippen molar-refractivity contribution in [1.29, 1.82) is 5.26 Å². The van der Waals surface area contributed by atoms with Crippen LogP contribution in [0, 0.1) is 18.3 Å². The molecule has 1 aliphatic heterocycles. The molecule has 0 aliphatic carbocycles. The molecule has 1 aromatic carbocycles. The smallest absolute Gasteiger partial charge is 0.254 e. The van der Waals surface area contributed by atoms with Crippen molar-refractivity contribution in [2.75, 3.05) is 16.4 Å². The molecule has 35 heavy (non-hydrogen) atoms. The molecule has 0 saturated carbocycles. The van der Waals surface area contributed by atoms with Gasteiger partial charge in [-0.1, -0.05) is 41.2 Å². The molecular formula is C25H22N6O3S. The molecule has 0 spiro atoms. The second-order valence-corrected chi connectivity index (χ2v) is 8.71. The Labute approximate surface area is 206 Å². The minimum atomic E-state index is -0.652. The van der Waals surface area contributed by atoms with Crippen molar-refractivity contribution in [2.45, 2.75) is 19.8 Å². The maximum atomic E-state index is 13.4. The average molecular weight is 487 g/mol. The Morgan fingerprint density at radius 2 is 1.97 bits per heavy atom. The Bertz CT molecular complexity index is 1340. The van der Waals surface area contributed by atoms with Gasteiger partial charge in [0, 0.05) is 35.4 Å². The van der Waals surface area contributed by atoms with E-state index in [1.54, 1.807) is 50.5 Å². The monoisotopic (exact) mass is 486 g/mol. The van der Waals surface area contributed by atoms with E-state index in [9.17, 15) is 14.9 Å². The van der Waals surface area contributed by atoms with Crippen LogP contribution in [0.5, 0.6) is 0 Å². The van der Waals surface area contributed by atoms with Crippen molar-refractivity contribution in [3.05, 3.63) is 94.1 Å². The molecule has 2 aromatic heterocycles. The molecule has 1 unspecified atom stereocenters. The SMILES string of the molecule is CC1=C(C(=O)Nc2ccccc2)C(c2cccnc2)C(C#N)=C(SCC(=O)Nc2cc(C)no2)N1. The van der Waals surface area contributed by atoms with Gasteiger partial charge in [-0.15, -0.1) is 0 Å². The number of hydrogen-bond donors (Lipinski definition) is 3. The molecular weight excluding hydrogens is 464 g/mol.